The van der Waals surface area contributed by atoms with Gasteiger partial charge < -0.3 is 4.57 Å². The predicted molar refractivity (Wildman–Crippen MR) is 106 cm³/mol. The van der Waals surface area contributed by atoms with Crippen LogP contribution in [0.15, 0.2) is 78.1 Å². The van der Waals surface area contributed by atoms with E-state index in [1.54, 1.807) is 6.07 Å². The van der Waals surface area contributed by atoms with E-state index in [4.69, 9.17) is 0 Å². The summed E-state index contributed by atoms with van der Waals surface area (Å²) >= 11 is 0. The summed E-state index contributed by atoms with van der Waals surface area (Å²) < 4.78 is 2.12. The van der Waals surface area contributed by atoms with Gasteiger partial charge in [-0.05, 0) is 65.5 Å². The SMILES string of the molecule is Cc1ccc(N=O)c(-n2nc3ccc(-n4ccc5ccccc54)cc3n2)c1. The Morgan fingerprint density at radius 3 is 2.63 bits per heavy atom. The summed E-state index contributed by atoms with van der Waals surface area (Å²) in [7, 11) is 0. The van der Waals surface area contributed by atoms with Crippen LogP contribution < -0.4 is 0 Å². The number of aromatic nitrogens is 4. The first-order valence-electron chi connectivity index (χ1n) is 8.61. The van der Waals surface area contributed by atoms with Crippen molar-refractivity contribution in [3.8, 4) is 11.4 Å². The Labute approximate surface area is 154 Å². The van der Waals surface area contributed by atoms with Crippen LogP contribution in [-0.2, 0) is 0 Å². The van der Waals surface area contributed by atoms with E-state index in [2.05, 4.69) is 38.1 Å². The Hall–Kier alpha value is -3.80. The van der Waals surface area contributed by atoms with Gasteiger partial charge in [0.05, 0.1) is 5.52 Å². The molecule has 5 rings (SSSR count). The first-order valence-corrected chi connectivity index (χ1v) is 8.61. The molecule has 0 fully saturated rings. The number of nitroso groups, excluding NO2 is 1. The molecular formula is C21H15N5O. The lowest BCUT2D eigenvalue weighted by atomic mass is 10.2. The first-order chi connectivity index (χ1) is 13.2. The quantitative estimate of drug-likeness (QED) is 0.425. The summed E-state index contributed by atoms with van der Waals surface area (Å²) in [4.78, 5) is 12.6. The van der Waals surface area contributed by atoms with Crippen molar-refractivity contribution in [3.63, 3.8) is 0 Å². The minimum absolute atomic E-state index is 0.317. The molecule has 0 aliphatic rings. The van der Waals surface area contributed by atoms with Crippen molar-refractivity contribution in [2.45, 2.75) is 6.92 Å². The molecule has 0 aliphatic carbocycles. The zero-order valence-corrected chi connectivity index (χ0v) is 14.6. The van der Waals surface area contributed by atoms with Crippen LogP contribution >= 0.6 is 0 Å². The maximum Gasteiger partial charge on any atom is 0.135 e. The first kappa shape index (κ1) is 15.5. The number of fused-ring (bicyclic) bond motifs is 2. The molecule has 0 N–H and O–H groups in total. The van der Waals surface area contributed by atoms with Gasteiger partial charge in [0.25, 0.3) is 0 Å². The molecule has 0 bridgehead atoms. The van der Waals surface area contributed by atoms with Gasteiger partial charge in [0.15, 0.2) is 0 Å². The number of para-hydroxylation sites is 1. The van der Waals surface area contributed by atoms with Crippen LogP contribution in [0.5, 0.6) is 0 Å². The molecule has 3 aromatic carbocycles. The second-order valence-electron chi connectivity index (χ2n) is 6.49. The molecule has 2 aromatic heterocycles. The fraction of sp³-hybridized carbons (Fsp3) is 0.0476. The summed E-state index contributed by atoms with van der Waals surface area (Å²) in [5.74, 6) is 0. The van der Waals surface area contributed by atoms with Gasteiger partial charge in [-0.15, -0.1) is 19.9 Å². The molecule has 0 amide bonds. The van der Waals surface area contributed by atoms with Gasteiger partial charge >= 0.3 is 0 Å². The van der Waals surface area contributed by atoms with Gasteiger partial charge in [0.1, 0.15) is 22.4 Å². The molecule has 6 nitrogen and oxygen atoms in total. The molecule has 27 heavy (non-hydrogen) atoms. The second-order valence-corrected chi connectivity index (χ2v) is 6.49. The zero-order valence-electron chi connectivity index (χ0n) is 14.6. The van der Waals surface area contributed by atoms with Gasteiger partial charge in [0, 0.05) is 11.9 Å². The molecule has 0 saturated carbocycles. The summed E-state index contributed by atoms with van der Waals surface area (Å²) in [5.41, 5.74) is 5.56. The minimum Gasteiger partial charge on any atom is -0.316 e. The van der Waals surface area contributed by atoms with Crippen molar-refractivity contribution in [1.29, 1.82) is 0 Å². The molecule has 0 aliphatic heterocycles. The third-order valence-electron chi connectivity index (χ3n) is 4.69. The molecule has 0 radical (unpaired) electrons. The smallest absolute Gasteiger partial charge is 0.135 e. The highest BCUT2D eigenvalue weighted by atomic mass is 16.3. The highest BCUT2D eigenvalue weighted by Gasteiger charge is 2.12. The summed E-state index contributed by atoms with van der Waals surface area (Å²) in [6, 6.07) is 21.7. The van der Waals surface area contributed by atoms with Crippen molar-refractivity contribution in [2.24, 2.45) is 5.18 Å². The third-order valence-corrected chi connectivity index (χ3v) is 4.69. The van der Waals surface area contributed by atoms with E-state index in [0.29, 0.717) is 11.4 Å². The van der Waals surface area contributed by atoms with Crippen LogP contribution in [0.4, 0.5) is 5.69 Å². The van der Waals surface area contributed by atoms with Crippen molar-refractivity contribution < 1.29 is 0 Å². The zero-order chi connectivity index (χ0) is 18.4. The topological polar surface area (TPSA) is 65.1 Å². The Bertz CT molecular complexity index is 1310. The van der Waals surface area contributed by atoms with E-state index in [-0.39, 0.29) is 0 Å². The fourth-order valence-electron chi connectivity index (χ4n) is 3.34. The van der Waals surface area contributed by atoms with Gasteiger partial charge in [-0.2, -0.15) is 0 Å². The Morgan fingerprint density at radius 1 is 0.889 bits per heavy atom. The summed E-state index contributed by atoms with van der Waals surface area (Å²) in [5, 5.41) is 13.4. The maximum absolute atomic E-state index is 11.1. The summed E-state index contributed by atoms with van der Waals surface area (Å²) in [6.45, 7) is 1.95. The van der Waals surface area contributed by atoms with Gasteiger partial charge in [0.2, 0.25) is 0 Å². The Morgan fingerprint density at radius 2 is 1.74 bits per heavy atom. The number of hydrogen-bond donors (Lipinski definition) is 0. The molecule has 0 unspecified atom stereocenters. The largest absolute Gasteiger partial charge is 0.316 e. The number of hydrogen-bond acceptors (Lipinski definition) is 4. The Kier molecular flexibility index (Phi) is 3.36. The van der Waals surface area contributed by atoms with E-state index in [9.17, 15) is 4.91 Å². The van der Waals surface area contributed by atoms with E-state index in [1.807, 2.05) is 55.6 Å². The summed E-state index contributed by atoms with van der Waals surface area (Å²) in [6.07, 6.45) is 2.05. The van der Waals surface area contributed by atoms with Crippen LogP contribution in [0.1, 0.15) is 5.56 Å². The molecule has 2 heterocycles. The molecule has 0 saturated heterocycles. The van der Waals surface area contributed by atoms with E-state index >= 15 is 0 Å². The van der Waals surface area contributed by atoms with E-state index < -0.39 is 0 Å². The van der Waals surface area contributed by atoms with Crippen LogP contribution in [-0.4, -0.2) is 19.6 Å². The van der Waals surface area contributed by atoms with E-state index in [0.717, 1.165) is 27.8 Å². The minimum atomic E-state index is 0.317. The molecule has 130 valence electrons. The van der Waals surface area contributed by atoms with Gasteiger partial charge in [-0.25, -0.2) is 0 Å². The average Bonchev–Trinajstić information content (AvgIpc) is 3.31. The molecule has 6 heteroatoms. The van der Waals surface area contributed by atoms with Crippen molar-refractivity contribution in [1.82, 2.24) is 19.6 Å². The van der Waals surface area contributed by atoms with Crippen LogP contribution in [0.3, 0.4) is 0 Å². The highest BCUT2D eigenvalue weighted by Crippen LogP contribution is 2.26. The molecule has 0 atom stereocenters. The van der Waals surface area contributed by atoms with Crippen molar-refractivity contribution in [2.75, 3.05) is 0 Å². The number of benzene rings is 3. The van der Waals surface area contributed by atoms with Gasteiger partial charge in [-0.3, -0.25) is 0 Å². The lowest BCUT2D eigenvalue weighted by Crippen LogP contribution is -1.99. The van der Waals surface area contributed by atoms with Crippen molar-refractivity contribution in [3.05, 3.63) is 83.4 Å². The van der Waals surface area contributed by atoms with Crippen LogP contribution in [0.25, 0.3) is 33.3 Å². The number of nitrogens with zero attached hydrogens (tertiary/aromatic N) is 5. The molecular weight excluding hydrogens is 338 g/mol. The Balaban J connectivity index is 1.66. The monoisotopic (exact) mass is 353 g/mol. The predicted octanol–water partition coefficient (Wildman–Crippen LogP) is 5.07. The van der Waals surface area contributed by atoms with Crippen LogP contribution in [0.2, 0.25) is 0 Å². The lowest BCUT2D eigenvalue weighted by Gasteiger charge is -2.04. The fourth-order valence-corrected chi connectivity index (χ4v) is 3.34. The number of aryl methyl sites for hydroxylation is 1. The molecule has 5 aromatic rings. The third kappa shape index (κ3) is 2.50. The lowest BCUT2D eigenvalue weighted by molar-refractivity contribution is 0.765. The standard InChI is InChI=1S/C21H15N5O/c1-14-6-8-18(24-27)21(12-14)26-22-17-9-7-16(13-19(17)23-26)25-11-10-15-4-2-3-5-20(15)25/h2-13H,1H3. The number of rotatable bonds is 3. The van der Waals surface area contributed by atoms with Gasteiger partial charge in [-0.1, -0.05) is 24.3 Å². The maximum atomic E-state index is 11.1. The molecule has 0 spiro atoms. The highest BCUT2D eigenvalue weighted by molar-refractivity contribution is 5.83. The second kappa shape index (κ2) is 5.88. The van der Waals surface area contributed by atoms with E-state index in [1.165, 1.54) is 10.2 Å². The normalized spacial score (nSPS) is 11.3. The average molecular weight is 353 g/mol. The van der Waals surface area contributed by atoms with Crippen LogP contribution in [0, 0.1) is 11.8 Å². The van der Waals surface area contributed by atoms with Crippen molar-refractivity contribution >= 4 is 27.6 Å².